The third kappa shape index (κ3) is 8.89. The van der Waals surface area contributed by atoms with E-state index in [4.69, 9.17) is 20.9 Å². The van der Waals surface area contributed by atoms with Crippen LogP contribution in [0.2, 0.25) is 0 Å². The number of para-hydroxylation sites is 1. The molecule has 3 heterocycles. The van der Waals surface area contributed by atoms with Gasteiger partial charge < -0.3 is 14.4 Å². The Morgan fingerprint density at radius 2 is 1.51 bits per heavy atom. The fourth-order valence-corrected chi connectivity index (χ4v) is 7.34. The van der Waals surface area contributed by atoms with Gasteiger partial charge in [-0.2, -0.15) is 0 Å². The normalized spacial score (nSPS) is 17.6. The van der Waals surface area contributed by atoms with Crippen molar-refractivity contribution in [2.24, 2.45) is 5.41 Å². The third-order valence-electron chi connectivity index (χ3n) is 10.0. The Labute approximate surface area is 368 Å². The van der Waals surface area contributed by atoms with Crippen LogP contribution >= 0.6 is 0 Å². The van der Waals surface area contributed by atoms with Crippen LogP contribution in [-0.4, -0.2) is 9.97 Å². The van der Waals surface area contributed by atoms with Gasteiger partial charge in [-0.1, -0.05) is 142 Å². The summed E-state index contributed by atoms with van der Waals surface area (Å²) in [6.07, 6.45) is 4.52. The fourth-order valence-electron chi connectivity index (χ4n) is 7.34. The number of benzene rings is 5. The van der Waals surface area contributed by atoms with E-state index in [1.165, 1.54) is 12.3 Å². The molecule has 8 aromatic rings. The Morgan fingerprint density at radius 3 is 2.26 bits per heavy atom. The summed E-state index contributed by atoms with van der Waals surface area (Å²) in [5.74, 6) is -0.833. The summed E-state index contributed by atoms with van der Waals surface area (Å²) in [6.45, 7) is -1.72. The molecule has 0 bridgehead atoms. The zero-order chi connectivity index (χ0) is 49.0. The van der Waals surface area contributed by atoms with Gasteiger partial charge in [0.25, 0.3) is 0 Å². The molecule has 1 fully saturated rings. The van der Waals surface area contributed by atoms with Crippen molar-refractivity contribution in [2.45, 2.75) is 79.3 Å². The summed E-state index contributed by atoms with van der Waals surface area (Å²) >= 11 is 0. The van der Waals surface area contributed by atoms with E-state index in [-0.39, 0.29) is 42.4 Å². The van der Waals surface area contributed by atoms with Gasteiger partial charge in [0, 0.05) is 54.3 Å². The van der Waals surface area contributed by atoms with Gasteiger partial charge in [0.1, 0.15) is 5.58 Å². The maximum Gasteiger partial charge on any atom is 0.120 e. The maximum absolute atomic E-state index is 8.91. The van der Waals surface area contributed by atoms with Crippen molar-refractivity contribution in [3.05, 3.63) is 168 Å². The van der Waals surface area contributed by atoms with E-state index in [0.29, 0.717) is 68.8 Å². The van der Waals surface area contributed by atoms with E-state index >= 15 is 0 Å². The van der Waals surface area contributed by atoms with Crippen molar-refractivity contribution >= 4 is 21.9 Å². The fraction of sp³-hybridized carbons (Fsp3) is 0.245. The second-order valence-electron chi connectivity index (χ2n) is 15.2. The minimum Gasteiger partial charge on any atom is -0.501 e. The zero-order valence-electron chi connectivity index (χ0n) is 44.1. The van der Waals surface area contributed by atoms with Crippen LogP contribution in [0, 0.1) is 38.1 Å². The summed E-state index contributed by atoms with van der Waals surface area (Å²) in [5.41, 5.74) is 6.39. The minimum atomic E-state index is -2.53. The summed E-state index contributed by atoms with van der Waals surface area (Å²) in [6, 6.07) is 40.4. The van der Waals surface area contributed by atoms with E-state index < -0.39 is 38.2 Å². The number of hydrogen-bond acceptors (Lipinski definition) is 3. The average molecular weight is 935 g/mol. The van der Waals surface area contributed by atoms with Gasteiger partial charge in [-0.3, -0.25) is 0 Å². The quantitative estimate of drug-likeness (QED) is 0.156. The van der Waals surface area contributed by atoms with Crippen LogP contribution in [0.4, 0.5) is 0 Å². The van der Waals surface area contributed by atoms with Crippen molar-refractivity contribution in [3.63, 3.8) is 0 Å². The SMILES string of the molecule is [2H]C([2H])([2H])c1c[c-]c(-c2ccc(C([2H])([2H])C(C)(C)C)cn2)cc1-c1ccccc1.[2H]C([2H])([2H])c1cnc(-c2[c-]ccc3c2oc2ccccc23)cc1-c1ccc(C2([2H])CCCC2)cc1C([2H])([2H])[2H].[Ir]. The van der Waals surface area contributed by atoms with Crippen LogP contribution in [0.15, 0.2) is 132 Å². The molecule has 0 spiro atoms. The monoisotopic (exact) mass is 935 g/mol. The van der Waals surface area contributed by atoms with Gasteiger partial charge in [0.05, 0.1) is 5.58 Å². The molecule has 57 heavy (non-hydrogen) atoms. The Kier molecular flexibility index (Phi) is 8.27. The number of rotatable bonds is 6. The number of furan rings is 1. The molecule has 5 aromatic carbocycles. The zero-order valence-corrected chi connectivity index (χ0v) is 34.5. The number of aryl methyl sites for hydroxylation is 3. The number of fused-ring (bicyclic) bond motifs is 3. The molecule has 3 nitrogen and oxygen atoms in total. The molecule has 1 saturated carbocycles. The minimum absolute atomic E-state index is 0. The molecule has 0 N–H and O–H groups in total. The third-order valence-corrected chi connectivity index (χ3v) is 10.0. The summed E-state index contributed by atoms with van der Waals surface area (Å²) in [4.78, 5) is 8.93. The second-order valence-corrected chi connectivity index (χ2v) is 15.2. The maximum atomic E-state index is 8.91. The molecule has 0 atom stereocenters. The topological polar surface area (TPSA) is 38.9 Å². The van der Waals surface area contributed by atoms with Gasteiger partial charge in [-0.05, 0) is 101 Å². The van der Waals surface area contributed by atoms with E-state index in [0.717, 1.165) is 29.2 Å². The molecular weight excluding hydrogens is 873 g/mol. The van der Waals surface area contributed by atoms with Crippen molar-refractivity contribution in [2.75, 3.05) is 0 Å². The molecule has 0 unspecified atom stereocenters. The standard InChI is InChI=1S/C30H26NO.C23H24N.Ir/c1-19-16-22(21-8-3-4-9-21)14-15-23(19)27-17-28(31-18-20(27)2)26-12-7-11-25-24-10-5-6-13-29(24)32-30(25)26;1-17-10-12-20(14-21(17)19-8-6-5-7-9-19)22-13-11-18(16-24-22)15-23(2,3)4;/h5-7,10-11,13-18,21H,3-4,8-9H2,1-2H3;5-11,13-14,16H,15H2,1-4H3;/q2*-1;/i1D3,2D3,21D;1D3,15D2;. The summed E-state index contributed by atoms with van der Waals surface area (Å²) in [5, 5.41) is 1.83. The number of aromatic nitrogens is 2. The predicted octanol–water partition coefficient (Wildman–Crippen LogP) is 14.5. The van der Waals surface area contributed by atoms with Crippen LogP contribution in [0.1, 0.15) is 96.6 Å². The first-order valence-electron chi connectivity index (χ1n) is 24.9. The Morgan fingerprint density at radius 1 is 0.737 bits per heavy atom. The first-order valence-corrected chi connectivity index (χ1v) is 18.9. The van der Waals surface area contributed by atoms with Crippen molar-refractivity contribution in [1.29, 1.82) is 0 Å². The number of nitrogens with zero attached hydrogens (tertiary/aromatic N) is 2. The van der Waals surface area contributed by atoms with Crippen molar-refractivity contribution in [1.82, 2.24) is 9.97 Å². The smallest absolute Gasteiger partial charge is 0.120 e. The molecule has 289 valence electrons. The van der Waals surface area contributed by atoms with Gasteiger partial charge in [0.2, 0.25) is 0 Å². The molecule has 0 amide bonds. The van der Waals surface area contributed by atoms with Crippen LogP contribution in [0.25, 0.3) is 66.7 Å². The van der Waals surface area contributed by atoms with E-state index in [1.807, 2.05) is 81.4 Å². The molecule has 1 aliphatic carbocycles. The molecular formula is C53H50IrN2O-2. The molecule has 0 aliphatic heterocycles. The van der Waals surface area contributed by atoms with Crippen LogP contribution in [-0.2, 0) is 26.5 Å². The molecule has 4 heteroatoms. The molecule has 9 rings (SSSR count). The van der Waals surface area contributed by atoms with Crippen molar-refractivity contribution < 1.29 is 41.0 Å². The van der Waals surface area contributed by atoms with Crippen LogP contribution in [0.5, 0.6) is 0 Å². The average Bonchev–Trinajstić information content (AvgIpc) is 3.92. The van der Waals surface area contributed by atoms with Gasteiger partial charge in [-0.25, -0.2) is 0 Å². The van der Waals surface area contributed by atoms with Crippen LogP contribution in [0.3, 0.4) is 0 Å². The summed E-state index contributed by atoms with van der Waals surface area (Å²) < 4.78 is 105. The second kappa shape index (κ2) is 17.1. The molecule has 3 aromatic heterocycles. The largest absolute Gasteiger partial charge is 0.501 e. The first kappa shape index (κ1) is 27.5. The van der Waals surface area contributed by atoms with E-state index in [2.05, 4.69) is 22.1 Å². The predicted molar refractivity (Wildman–Crippen MR) is 234 cm³/mol. The Hall–Kier alpha value is -5.15. The van der Waals surface area contributed by atoms with E-state index in [9.17, 15) is 0 Å². The Bertz CT molecular complexity index is 3110. The van der Waals surface area contributed by atoms with Gasteiger partial charge in [-0.15, -0.1) is 47.5 Å². The molecule has 1 aliphatic rings. The first-order chi connectivity index (χ1) is 31.9. The summed E-state index contributed by atoms with van der Waals surface area (Å²) in [7, 11) is 0. The molecule has 1 radical (unpaired) electrons. The Balaban J connectivity index is 0.000000210. The van der Waals surface area contributed by atoms with Gasteiger partial charge in [0.15, 0.2) is 0 Å². The van der Waals surface area contributed by atoms with Crippen LogP contribution < -0.4 is 0 Å². The number of pyridine rings is 2. The van der Waals surface area contributed by atoms with Gasteiger partial charge >= 0.3 is 0 Å². The molecule has 0 saturated heterocycles. The van der Waals surface area contributed by atoms with E-state index in [1.54, 1.807) is 54.7 Å². The number of hydrogen-bond donors (Lipinski definition) is 0. The van der Waals surface area contributed by atoms with Crippen molar-refractivity contribution in [3.8, 4) is 44.8 Å².